The number of rotatable bonds is 1. The van der Waals surface area contributed by atoms with Crippen molar-refractivity contribution in [2.45, 2.75) is 45.7 Å². The predicted molar refractivity (Wildman–Crippen MR) is 71.4 cm³/mol. The van der Waals surface area contributed by atoms with Crippen LogP contribution in [0.2, 0.25) is 0 Å². The van der Waals surface area contributed by atoms with Crippen LogP contribution in [-0.4, -0.2) is 32.1 Å². The maximum Gasteiger partial charge on any atom is 0.408 e. The van der Waals surface area contributed by atoms with Crippen LogP contribution >= 0.6 is 15.9 Å². The Balaban J connectivity index is 2.30. The lowest BCUT2D eigenvalue weighted by atomic mass is 9.85. The number of carboxylic acid groups (broad SMARTS) is 1. The smallest absolute Gasteiger partial charge is 0.408 e. The highest BCUT2D eigenvalue weighted by molar-refractivity contribution is 9.10. The van der Waals surface area contributed by atoms with Crippen molar-refractivity contribution in [1.29, 1.82) is 0 Å². The van der Waals surface area contributed by atoms with E-state index in [4.69, 9.17) is 0 Å². The molecular weight excluding hydrogens is 298 g/mol. The second kappa shape index (κ2) is 4.57. The van der Waals surface area contributed by atoms with Gasteiger partial charge in [-0.05, 0) is 34.2 Å². The van der Waals surface area contributed by atoms with Gasteiger partial charge in [0, 0.05) is 6.04 Å². The summed E-state index contributed by atoms with van der Waals surface area (Å²) in [7, 11) is 0. The molecule has 1 fully saturated rings. The van der Waals surface area contributed by atoms with Crippen molar-refractivity contribution in [3.63, 3.8) is 0 Å². The summed E-state index contributed by atoms with van der Waals surface area (Å²) in [6.45, 7) is 6.23. The molecule has 0 spiro atoms. The molecule has 0 radical (unpaired) electrons. The van der Waals surface area contributed by atoms with Crippen LogP contribution < -0.4 is 0 Å². The zero-order chi connectivity index (χ0) is 13.5. The maximum atomic E-state index is 11.5. The standard InChI is InChI=1S/C12H18BrN3O2/c1-12(2,3)8-5-4-7(16(8)11(17)18)10-14-6-9(13)15-10/h6-8H,4-5H2,1-3H3,(H,14,15)(H,17,18). The Bertz CT molecular complexity index is 452. The summed E-state index contributed by atoms with van der Waals surface area (Å²) in [5.41, 5.74) is -0.0586. The Kier molecular flexibility index (Phi) is 3.40. The number of likely N-dealkylation sites (tertiary alicyclic amines) is 1. The number of halogens is 1. The van der Waals surface area contributed by atoms with Gasteiger partial charge in [-0.1, -0.05) is 20.8 Å². The first-order valence-corrected chi connectivity index (χ1v) is 6.81. The third-order valence-electron chi connectivity index (χ3n) is 3.49. The first kappa shape index (κ1) is 13.4. The van der Waals surface area contributed by atoms with E-state index in [0.717, 1.165) is 23.3 Å². The van der Waals surface area contributed by atoms with Gasteiger partial charge < -0.3 is 10.1 Å². The van der Waals surface area contributed by atoms with E-state index in [1.54, 1.807) is 11.1 Å². The van der Waals surface area contributed by atoms with Crippen molar-refractivity contribution in [3.8, 4) is 0 Å². The van der Waals surface area contributed by atoms with Crippen LogP contribution in [0.1, 0.15) is 45.5 Å². The van der Waals surface area contributed by atoms with Crippen LogP contribution in [0.15, 0.2) is 10.8 Å². The third kappa shape index (κ3) is 2.39. The highest BCUT2D eigenvalue weighted by Gasteiger charge is 2.44. The van der Waals surface area contributed by atoms with E-state index in [-0.39, 0.29) is 17.5 Å². The molecule has 5 nitrogen and oxygen atoms in total. The number of hydrogen-bond donors (Lipinski definition) is 2. The Hall–Kier alpha value is -1.04. The minimum atomic E-state index is -0.870. The van der Waals surface area contributed by atoms with Crippen molar-refractivity contribution in [1.82, 2.24) is 14.9 Å². The van der Waals surface area contributed by atoms with E-state index in [9.17, 15) is 9.90 Å². The Morgan fingerprint density at radius 3 is 2.67 bits per heavy atom. The van der Waals surface area contributed by atoms with Gasteiger partial charge in [0.25, 0.3) is 0 Å². The normalized spacial score (nSPS) is 24.6. The highest BCUT2D eigenvalue weighted by atomic mass is 79.9. The number of amides is 1. The van der Waals surface area contributed by atoms with Crippen molar-refractivity contribution in [2.75, 3.05) is 0 Å². The molecule has 2 rings (SSSR count). The summed E-state index contributed by atoms with van der Waals surface area (Å²) in [5, 5.41) is 9.46. The van der Waals surface area contributed by atoms with Gasteiger partial charge in [-0.2, -0.15) is 0 Å². The molecule has 0 aromatic carbocycles. The topological polar surface area (TPSA) is 69.2 Å². The monoisotopic (exact) mass is 315 g/mol. The first-order chi connectivity index (χ1) is 8.30. The van der Waals surface area contributed by atoms with Gasteiger partial charge in [0.15, 0.2) is 0 Å². The molecule has 1 aromatic heterocycles. The number of nitrogens with one attached hydrogen (secondary N) is 1. The summed E-state index contributed by atoms with van der Waals surface area (Å²) in [6.07, 6.45) is 2.48. The van der Waals surface area contributed by atoms with E-state index < -0.39 is 6.09 Å². The molecule has 1 aromatic rings. The Labute approximate surface area is 115 Å². The van der Waals surface area contributed by atoms with Gasteiger partial charge in [0.1, 0.15) is 10.4 Å². The van der Waals surface area contributed by atoms with Crippen molar-refractivity contribution in [2.24, 2.45) is 5.41 Å². The summed E-state index contributed by atoms with van der Waals surface area (Å²) in [4.78, 5) is 20.4. The highest BCUT2D eigenvalue weighted by Crippen LogP contribution is 2.42. The molecule has 1 amide bonds. The summed E-state index contributed by atoms with van der Waals surface area (Å²) in [5.74, 6) is 0.719. The van der Waals surface area contributed by atoms with Gasteiger partial charge in [0.05, 0.1) is 12.2 Å². The van der Waals surface area contributed by atoms with Crippen LogP contribution in [0.4, 0.5) is 4.79 Å². The quantitative estimate of drug-likeness (QED) is 0.834. The maximum absolute atomic E-state index is 11.5. The van der Waals surface area contributed by atoms with Crippen LogP contribution in [-0.2, 0) is 0 Å². The molecule has 0 saturated carbocycles. The van der Waals surface area contributed by atoms with E-state index in [0.29, 0.717) is 0 Å². The fraction of sp³-hybridized carbons (Fsp3) is 0.667. The van der Waals surface area contributed by atoms with E-state index in [1.807, 2.05) is 0 Å². The van der Waals surface area contributed by atoms with Crippen molar-refractivity contribution < 1.29 is 9.90 Å². The number of aromatic nitrogens is 2. The average molecular weight is 316 g/mol. The second-order valence-electron chi connectivity index (χ2n) is 5.78. The second-order valence-corrected chi connectivity index (χ2v) is 6.64. The summed E-state index contributed by atoms with van der Waals surface area (Å²) >= 11 is 3.31. The van der Waals surface area contributed by atoms with Crippen LogP contribution in [0, 0.1) is 5.41 Å². The van der Waals surface area contributed by atoms with E-state index in [2.05, 4.69) is 46.7 Å². The lowest BCUT2D eigenvalue weighted by molar-refractivity contribution is 0.0851. The SMILES string of the molecule is CC(C)(C)C1CCC(c2ncc(Br)[nH]2)N1C(=O)O. The van der Waals surface area contributed by atoms with Crippen LogP contribution in [0.25, 0.3) is 0 Å². The Morgan fingerprint density at radius 1 is 1.56 bits per heavy atom. The molecule has 1 aliphatic rings. The lowest BCUT2D eigenvalue weighted by Crippen LogP contribution is -2.43. The van der Waals surface area contributed by atoms with Gasteiger partial charge >= 0.3 is 6.09 Å². The fourth-order valence-corrected chi connectivity index (χ4v) is 2.98. The third-order valence-corrected chi connectivity index (χ3v) is 3.89. The zero-order valence-corrected chi connectivity index (χ0v) is 12.4. The van der Waals surface area contributed by atoms with Gasteiger partial charge in [0.2, 0.25) is 0 Å². The number of H-pyrrole nitrogens is 1. The molecule has 2 atom stereocenters. The van der Waals surface area contributed by atoms with Gasteiger partial charge in [-0.25, -0.2) is 9.78 Å². The van der Waals surface area contributed by atoms with Crippen LogP contribution in [0.5, 0.6) is 0 Å². The fourth-order valence-electron chi connectivity index (χ4n) is 2.68. The van der Waals surface area contributed by atoms with Gasteiger partial charge in [-0.3, -0.25) is 4.90 Å². The minimum absolute atomic E-state index is 0.0314. The molecule has 6 heteroatoms. The molecule has 2 unspecified atom stereocenters. The van der Waals surface area contributed by atoms with Crippen molar-refractivity contribution in [3.05, 3.63) is 16.6 Å². The van der Waals surface area contributed by atoms with E-state index in [1.165, 1.54) is 0 Å². The summed E-state index contributed by atoms with van der Waals surface area (Å²) in [6, 6.07) is -0.137. The number of imidazole rings is 1. The lowest BCUT2D eigenvalue weighted by Gasteiger charge is -2.35. The average Bonchev–Trinajstić information content (AvgIpc) is 2.80. The molecule has 0 aliphatic carbocycles. The largest absolute Gasteiger partial charge is 0.465 e. The molecule has 18 heavy (non-hydrogen) atoms. The molecule has 2 heterocycles. The first-order valence-electron chi connectivity index (χ1n) is 6.02. The number of carbonyl (C=O) groups is 1. The number of nitrogens with zero attached hydrogens (tertiary/aromatic N) is 2. The minimum Gasteiger partial charge on any atom is -0.465 e. The zero-order valence-electron chi connectivity index (χ0n) is 10.8. The molecule has 1 saturated heterocycles. The molecule has 2 N–H and O–H groups in total. The predicted octanol–water partition coefficient (Wildman–Crippen LogP) is 3.40. The molecule has 100 valence electrons. The molecule has 0 bridgehead atoms. The van der Waals surface area contributed by atoms with E-state index >= 15 is 0 Å². The van der Waals surface area contributed by atoms with Gasteiger partial charge in [-0.15, -0.1) is 0 Å². The number of hydrogen-bond acceptors (Lipinski definition) is 2. The van der Waals surface area contributed by atoms with Crippen LogP contribution in [0.3, 0.4) is 0 Å². The van der Waals surface area contributed by atoms with Crippen molar-refractivity contribution >= 4 is 22.0 Å². The molecule has 1 aliphatic heterocycles. The number of aromatic amines is 1. The summed E-state index contributed by atoms with van der Waals surface area (Å²) < 4.78 is 0.780. The Morgan fingerprint density at radius 2 is 2.22 bits per heavy atom. The molecular formula is C12H18BrN3O2.